The Hall–Kier alpha value is -1.01. The molecule has 21 heavy (non-hydrogen) atoms. The van der Waals surface area contributed by atoms with Crippen LogP contribution in [-0.2, 0) is 11.6 Å². The molecule has 0 fully saturated rings. The summed E-state index contributed by atoms with van der Waals surface area (Å²) >= 11 is 4.69. The standard InChI is InChI=1S/C15H15BrF3NS/c1-14(2,13-4-3-7-21-13)9-20-12-6-5-10(16)8-11(12)15(17,18)19/h3-8,20H,9H2,1-2H3. The normalized spacial score (nSPS) is 12.5. The summed E-state index contributed by atoms with van der Waals surface area (Å²) in [6.07, 6.45) is -4.38. The molecule has 0 unspecified atom stereocenters. The van der Waals surface area contributed by atoms with Crippen molar-refractivity contribution in [1.29, 1.82) is 0 Å². The van der Waals surface area contributed by atoms with Crippen LogP contribution in [0, 0.1) is 0 Å². The first-order valence-electron chi connectivity index (χ1n) is 6.35. The zero-order valence-electron chi connectivity index (χ0n) is 11.6. The highest BCUT2D eigenvalue weighted by atomic mass is 79.9. The maximum atomic E-state index is 13.1. The van der Waals surface area contributed by atoms with Crippen molar-refractivity contribution in [3.63, 3.8) is 0 Å². The van der Waals surface area contributed by atoms with Gasteiger partial charge in [0.05, 0.1) is 5.56 Å². The Labute approximate surface area is 134 Å². The number of anilines is 1. The lowest BCUT2D eigenvalue weighted by molar-refractivity contribution is -0.137. The number of alkyl halides is 3. The van der Waals surface area contributed by atoms with Crippen molar-refractivity contribution in [3.05, 3.63) is 50.6 Å². The Bertz CT molecular complexity index is 606. The monoisotopic (exact) mass is 377 g/mol. The lowest BCUT2D eigenvalue weighted by Gasteiger charge is -2.25. The summed E-state index contributed by atoms with van der Waals surface area (Å²) in [5, 5.41) is 4.91. The predicted octanol–water partition coefficient (Wildman–Crippen LogP) is 5.92. The van der Waals surface area contributed by atoms with Crippen LogP contribution in [0.5, 0.6) is 0 Å². The summed E-state index contributed by atoms with van der Waals surface area (Å²) in [5.74, 6) is 0. The summed E-state index contributed by atoms with van der Waals surface area (Å²) in [6, 6.07) is 8.11. The maximum absolute atomic E-state index is 13.1. The number of hydrogen-bond donors (Lipinski definition) is 1. The van der Waals surface area contributed by atoms with E-state index in [9.17, 15) is 13.2 Å². The molecule has 0 spiro atoms. The van der Waals surface area contributed by atoms with E-state index in [4.69, 9.17) is 0 Å². The van der Waals surface area contributed by atoms with Crippen molar-refractivity contribution in [2.45, 2.75) is 25.4 Å². The minimum absolute atomic E-state index is 0.107. The van der Waals surface area contributed by atoms with Gasteiger partial charge in [0.15, 0.2) is 0 Å². The van der Waals surface area contributed by atoms with Crippen LogP contribution >= 0.6 is 27.3 Å². The second kappa shape index (κ2) is 6.01. The van der Waals surface area contributed by atoms with Crippen LogP contribution in [0.15, 0.2) is 40.2 Å². The van der Waals surface area contributed by atoms with E-state index in [0.29, 0.717) is 11.0 Å². The zero-order valence-corrected chi connectivity index (χ0v) is 14.0. The van der Waals surface area contributed by atoms with E-state index in [-0.39, 0.29) is 11.1 Å². The second-order valence-electron chi connectivity index (χ2n) is 5.40. The first-order valence-corrected chi connectivity index (χ1v) is 8.02. The van der Waals surface area contributed by atoms with Crippen LogP contribution in [0.4, 0.5) is 18.9 Å². The third-order valence-corrected chi connectivity index (χ3v) is 4.93. The molecule has 1 aromatic heterocycles. The van der Waals surface area contributed by atoms with Crippen molar-refractivity contribution in [2.24, 2.45) is 0 Å². The van der Waals surface area contributed by atoms with Crippen molar-refractivity contribution in [1.82, 2.24) is 0 Å². The van der Waals surface area contributed by atoms with Gasteiger partial charge in [-0.3, -0.25) is 0 Å². The highest BCUT2D eigenvalue weighted by Crippen LogP contribution is 2.37. The molecule has 1 heterocycles. The summed E-state index contributed by atoms with van der Waals surface area (Å²) in [4.78, 5) is 1.14. The highest BCUT2D eigenvalue weighted by Gasteiger charge is 2.34. The lowest BCUT2D eigenvalue weighted by Crippen LogP contribution is -2.27. The van der Waals surface area contributed by atoms with Gasteiger partial charge in [-0.15, -0.1) is 11.3 Å². The van der Waals surface area contributed by atoms with Gasteiger partial charge in [0.2, 0.25) is 0 Å². The van der Waals surface area contributed by atoms with E-state index in [1.54, 1.807) is 17.4 Å². The molecule has 2 rings (SSSR count). The Morgan fingerprint density at radius 2 is 1.90 bits per heavy atom. The van der Waals surface area contributed by atoms with Gasteiger partial charge in [0.25, 0.3) is 0 Å². The summed E-state index contributed by atoms with van der Waals surface area (Å²) in [6.45, 7) is 4.45. The van der Waals surface area contributed by atoms with Crippen LogP contribution in [0.25, 0.3) is 0 Å². The fourth-order valence-corrected chi connectivity index (χ4v) is 3.19. The molecule has 0 atom stereocenters. The van der Waals surface area contributed by atoms with E-state index >= 15 is 0 Å². The van der Waals surface area contributed by atoms with Crippen molar-refractivity contribution in [2.75, 3.05) is 11.9 Å². The molecule has 0 aliphatic carbocycles. The molecule has 0 aliphatic rings. The largest absolute Gasteiger partial charge is 0.418 e. The molecule has 0 saturated carbocycles. The van der Waals surface area contributed by atoms with Gasteiger partial charge >= 0.3 is 6.18 Å². The van der Waals surface area contributed by atoms with Crippen molar-refractivity contribution < 1.29 is 13.2 Å². The van der Waals surface area contributed by atoms with Gasteiger partial charge < -0.3 is 5.32 Å². The van der Waals surface area contributed by atoms with Crippen LogP contribution in [0.2, 0.25) is 0 Å². The smallest absolute Gasteiger partial charge is 0.384 e. The van der Waals surface area contributed by atoms with E-state index in [1.807, 2.05) is 31.4 Å². The molecule has 6 heteroatoms. The molecule has 1 N–H and O–H groups in total. The maximum Gasteiger partial charge on any atom is 0.418 e. The summed E-state index contributed by atoms with van der Waals surface area (Å²) in [5.41, 5.74) is -0.779. The van der Waals surface area contributed by atoms with Crippen LogP contribution in [0.1, 0.15) is 24.3 Å². The third-order valence-electron chi connectivity index (χ3n) is 3.20. The molecule has 1 aromatic carbocycles. The van der Waals surface area contributed by atoms with Crippen LogP contribution in [0.3, 0.4) is 0 Å². The van der Waals surface area contributed by atoms with Gasteiger partial charge in [-0.1, -0.05) is 35.8 Å². The van der Waals surface area contributed by atoms with Crippen molar-refractivity contribution in [3.8, 4) is 0 Å². The molecule has 0 saturated heterocycles. The van der Waals surface area contributed by atoms with Crippen LogP contribution in [-0.4, -0.2) is 6.54 Å². The van der Waals surface area contributed by atoms with Crippen molar-refractivity contribution >= 4 is 33.0 Å². The topological polar surface area (TPSA) is 12.0 Å². The Balaban J connectivity index is 2.21. The summed E-state index contributed by atoms with van der Waals surface area (Å²) < 4.78 is 39.6. The molecule has 114 valence electrons. The lowest BCUT2D eigenvalue weighted by atomic mass is 9.91. The minimum Gasteiger partial charge on any atom is -0.384 e. The van der Waals surface area contributed by atoms with Gasteiger partial charge in [-0.05, 0) is 29.6 Å². The number of benzene rings is 1. The highest BCUT2D eigenvalue weighted by molar-refractivity contribution is 9.10. The quantitative estimate of drug-likeness (QED) is 0.697. The molecule has 0 radical (unpaired) electrons. The summed E-state index contributed by atoms with van der Waals surface area (Å²) in [7, 11) is 0. The zero-order chi connectivity index (χ0) is 15.7. The predicted molar refractivity (Wildman–Crippen MR) is 85.0 cm³/mol. The average molecular weight is 378 g/mol. The molecule has 0 amide bonds. The van der Waals surface area contributed by atoms with Crippen LogP contribution < -0.4 is 5.32 Å². The molecule has 0 aliphatic heterocycles. The molecular weight excluding hydrogens is 363 g/mol. The van der Waals surface area contributed by atoms with Gasteiger partial charge in [-0.25, -0.2) is 0 Å². The van der Waals surface area contributed by atoms with E-state index in [2.05, 4.69) is 21.2 Å². The molecule has 1 nitrogen and oxygen atoms in total. The van der Waals surface area contributed by atoms with E-state index in [0.717, 1.165) is 10.9 Å². The first kappa shape index (κ1) is 16.4. The van der Waals surface area contributed by atoms with Gasteiger partial charge in [-0.2, -0.15) is 13.2 Å². The number of halogens is 4. The number of hydrogen-bond acceptors (Lipinski definition) is 2. The molecular formula is C15H15BrF3NS. The minimum atomic E-state index is -4.38. The van der Waals surface area contributed by atoms with E-state index < -0.39 is 11.7 Å². The Kier molecular flexibility index (Phi) is 4.68. The van der Waals surface area contributed by atoms with E-state index in [1.165, 1.54) is 6.07 Å². The SMILES string of the molecule is CC(C)(CNc1ccc(Br)cc1C(F)(F)F)c1cccs1. The number of rotatable bonds is 4. The Morgan fingerprint density at radius 3 is 2.48 bits per heavy atom. The molecule has 0 bridgehead atoms. The van der Waals surface area contributed by atoms with Gasteiger partial charge in [0.1, 0.15) is 0 Å². The second-order valence-corrected chi connectivity index (χ2v) is 7.27. The van der Waals surface area contributed by atoms with Gasteiger partial charge in [0, 0.05) is 27.0 Å². The fourth-order valence-electron chi connectivity index (χ4n) is 1.97. The average Bonchev–Trinajstić information content (AvgIpc) is 2.91. The number of nitrogens with one attached hydrogen (secondary N) is 1. The number of thiophene rings is 1. The fraction of sp³-hybridized carbons (Fsp3) is 0.333. The first-order chi connectivity index (χ1) is 9.70. The third kappa shape index (κ3) is 4.01. The molecule has 2 aromatic rings. The Morgan fingerprint density at radius 1 is 1.19 bits per heavy atom.